The molecule has 4 nitrogen and oxygen atoms in total. The Kier molecular flexibility index (Phi) is 4.00. The molecule has 1 aromatic heterocycles. The van der Waals surface area contributed by atoms with Gasteiger partial charge in [0.05, 0.1) is 11.9 Å². The number of carbonyl (C=O) groups is 1. The van der Waals surface area contributed by atoms with E-state index >= 15 is 0 Å². The maximum Gasteiger partial charge on any atom is 0.257 e. The van der Waals surface area contributed by atoms with E-state index in [1.807, 2.05) is 6.07 Å². The van der Waals surface area contributed by atoms with Crippen LogP contribution >= 0.6 is 0 Å². The molecule has 22 heavy (non-hydrogen) atoms. The highest BCUT2D eigenvalue weighted by Crippen LogP contribution is 2.20. The molecule has 1 fully saturated rings. The second-order valence-corrected chi connectivity index (χ2v) is 5.21. The molecule has 0 spiro atoms. The summed E-state index contributed by atoms with van der Waals surface area (Å²) in [5.41, 5.74) is 0.926. The first kappa shape index (κ1) is 14.4. The molecular weight excluding hydrogens is 288 g/mol. The number of amides is 1. The van der Waals surface area contributed by atoms with Gasteiger partial charge >= 0.3 is 0 Å². The van der Waals surface area contributed by atoms with Crippen LogP contribution in [0.15, 0.2) is 36.5 Å². The topological polar surface area (TPSA) is 45.2 Å². The smallest absolute Gasteiger partial charge is 0.257 e. The van der Waals surface area contributed by atoms with E-state index in [0.717, 1.165) is 37.0 Å². The first-order chi connectivity index (χ1) is 10.6. The third-order valence-corrected chi connectivity index (χ3v) is 3.59. The van der Waals surface area contributed by atoms with Gasteiger partial charge in [0.2, 0.25) is 0 Å². The van der Waals surface area contributed by atoms with Gasteiger partial charge in [-0.15, -0.1) is 0 Å². The highest BCUT2D eigenvalue weighted by Gasteiger charge is 2.13. The maximum atomic E-state index is 13.1. The fraction of sp³-hybridized carbons (Fsp3) is 0.250. The lowest BCUT2D eigenvalue weighted by Crippen LogP contribution is -2.18. The number of hydrogen-bond donors (Lipinski definition) is 1. The summed E-state index contributed by atoms with van der Waals surface area (Å²) >= 11 is 0. The van der Waals surface area contributed by atoms with Crippen LogP contribution in [0.25, 0.3) is 0 Å². The normalized spacial score (nSPS) is 14.2. The zero-order valence-corrected chi connectivity index (χ0v) is 11.9. The van der Waals surface area contributed by atoms with E-state index in [-0.39, 0.29) is 5.56 Å². The van der Waals surface area contributed by atoms with Gasteiger partial charge in [0.25, 0.3) is 5.91 Å². The number of aromatic nitrogens is 1. The molecule has 2 heterocycles. The molecule has 1 amide bonds. The van der Waals surface area contributed by atoms with E-state index in [1.165, 1.54) is 12.8 Å². The van der Waals surface area contributed by atoms with Crippen molar-refractivity contribution >= 4 is 17.4 Å². The lowest BCUT2D eigenvalue weighted by Gasteiger charge is -2.17. The highest BCUT2D eigenvalue weighted by molar-refractivity contribution is 6.03. The minimum Gasteiger partial charge on any atom is -0.370 e. The Bertz CT molecular complexity index is 662. The quantitative estimate of drug-likeness (QED) is 0.947. The number of carbonyl (C=O) groups excluding carboxylic acids is 1. The molecule has 1 N–H and O–H groups in total. The first-order valence-electron chi connectivity index (χ1n) is 7.10. The Labute approximate surface area is 126 Å². The number of hydrogen-bond acceptors (Lipinski definition) is 3. The number of benzene rings is 1. The number of anilines is 2. The molecule has 0 aliphatic carbocycles. The van der Waals surface area contributed by atoms with Crippen LogP contribution in [-0.4, -0.2) is 24.0 Å². The Morgan fingerprint density at radius 2 is 1.77 bits per heavy atom. The zero-order valence-electron chi connectivity index (χ0n) is 11.9. The van der Waals surface area contributed by atoms with Crippen molar-refractivity contribution in [1.29, 1.82) is 0 Å². The van der Waals surface area contributed by atoms with Crippen LogP contribution in [0, 0.1) is 11.6 Å². The van der Waals surface area contributed by atoms with Crippen molar-refractivity contribution in [3.05, 3.63) is 53.7 Å². The average Bonchev–Trinajstić information content (AvgIpc) is 3.01. The summed E-state index contributed by atoms with van der Waals surface area (Å²) in [4.78, 5) is 18.4. The van der Waals surface area contributed by atoms with Crippen molar-refractivity contribution in [3.63, 3.8) is 0 Å². The standard InChI is InChI=1S/C16H15F2N3O/c17-12-7-11(8-13(18)9-12)16(22)20-15-4-3-14(10-19-15)21-5-1-2-6-21/h3-4,7-10H,1-2,5-6H2,(H,19,20,22). The van der Waals surface area contributed by atoms with E-state index in [0.29, 0.717) is 5.82 Å². The SMILES string of the molecule is O=C(Nc1ccc(N2CCCC2)cn1)c1cc(F)cc(F)c1. The van der Waals surface area contributed by atoms with Gasteiger partial charge in [-0.25, -0.2) is 13.8 Å². The second-order valence-electron chi connectivity index (χ2n) is 5.21. The Morgan fingerprint density at radius 3 is 2.36 bits per heavy atom. The molecule has 1 aliphatic heterocycles. The van der Waals surface area contributed by atoms with Crippen LogP contribution in [0.3, 0.4) is 0 Å². The van der Waals surface area contributed by atoms with E-state index < -0.39 is 17.5 Å². The van der Waals surface area contributed by atoms with Gasteiger partial charge in [0.15, 0.2) is 0 Å². The van der Waals surface area contributed by atoms with Crippen molar-refractivity contribution in [2.45, 2.75) is 12.8 Å². The fourth-order valence-corrected chi connectivity index (χ4v) is 2.50. The summed E-state index contributed by atoms with van der Waals surface area (Å²) in [5.74, 6) is -1.83. The van der Waals surface area contributed by atoms with Crippen molar-refractivity contribution in [2.24, 2.45) is 0 Å². The van der Waals surface area contributed by atoms with E-state index in [2.05, 4.69) is 15.2 Å². The molecule has 0 radical (unpaired) electrons. The van der Waals surface area contributed by atoms with Crippen LogP contribution in [-0.2, 0) is 0 Å². The average molecular weight is 303 g/mol. The van der Waals surface area contributed by atoms with Gasteiger partial charge in [-0.2, -0.15) is 0 Å². The third kappa shape index (κ3) is 3.21. The summed E-state index contributed by atoms with van der Waals surface area (Å²) in [6, 6.07) is 6.25. The van der Waals surface area contributed by atoms with Crippen molar-refractivity contribution in [2.75, 3.05) is 23.3 Å². The Balaban J connectivity index is 1.70. The van der Waals surface area contributed by atoms with E-state index in [1.54, 1.807) is 12.3 Å². The minimum absolute atomic E-state index is 0.0806. The second kappa shape index (κ2) is 6.09. The van der Waals surface area contributed by atoms with Crippen LogP contribution in [0.1, 0.15) is 23.2 Å². The van der Waals surface area contributed by atoms with Gasteiger partial charge in [-0.05, 0) is 37.1 Å². The van der Waals surface area contributed by atoms with Gasteiger partial charge in [-0.3, -0.25) is 4.79 Å². The molecule has 0 unspecified atom stereocenters. The van der Waals surface area contributed by atoms with Crippen molar-refractivity contribution < 1.29 is 13.6 Å². The van der Waals surface area contributed by atoms with Crippen LogP contribution in [0.4, 0.5) is 20.3 Å². The van der Waals surface area contributed by atoms with Crippen LogP contribution in [0.5, 0.6) is 0 Å². The summed E-state index contributed by atoms with van der Waals surface area (Å²) in [6.07, 6.45) is 4.03. The summed E-state index contributed by atoms with van der Waals surface area (Å²) < 4.78 is 26.2. The molecule has 3 rings (SSSR count). The van der Waals surface area contributed by atoms with Gasteiger partial charge in [-0.1, -0.05) is 0 Å². The first-order valence-corrected chi connectivity index (χ1v) is 7.10. The highest BCUT2D eigenvalue weighted by atomic mass is 19.1. The number of halogens is 2. The Hall–Kier alpha value is -2.50. The zero-order chi connectivity index (χ0) is 15.5. The largest absolute Gasteiger partial charge is 0.370 e. The molecular formula is C16H15F2N3O. The van der Waals surface area contributed by atoms with Gasteiger partial charge < -0.3 is 10.2 Å². The van der Waals surface area contributed by atoms with Gasteiger partial charge in [0.1, 0.15) is 17.5 Å². The molecule has 0 saturated carbocycles. The minimum atomic E-state index is -0.789. The molecule has 114 valence electrons. The summed E-state index contributed by atoms with van der Waals surface area (Å²) in [6.45, 7) is 2.02. The number of nitrogens with one attached hydrogen (secondary N) is 1. The third-order valence-electron chi connectivity index (χ3n) is 3.59. The fourth-order valence-electron chi connectivity index (χ4n) is 2.50. The summed E-state index contributed by atoms with van der Waals surface area (Å²) in [5, 5.41) is 2.53. The van der Waals surface area contributed by atoms with Gasteiger partial charge in [0, 0.05) is 24.7 Å². The van der Waals surface area contributed by atoms with E-state index in [9.17, 15) is 13.6 Å². The van der Waals surface area contributed by atoms with Crippen LogP contribution in [0.2, 0.25) is 0 Å². The predicted molar refractivity (Wildman–Crippen MR) is 80.0 cm³/mol. The molecule has 1 saturated heterocycles. The number of rotatable bonds is 3. The molecule has 0 bridgehead atoms. The van der Waals surface area contributed by atoms with Crippen molar-refractivity contribution in [1.82, 2.24) is 4.98 Å². The number of pyridine rings is 1. The molecule has 6 heteroatoms. The molecule has 2 aromatic rings. The maximum absolute atomic E-state index is 13.1. The number of nitrogens with zero attached hydrogens (tertiary/aromatic N) is 2. The van der Waals surface area contributed by atoms with Crippen molar-refractivity contribution in [3.8, 4) is 0 Å². The Morgan fingerprint density at radius 1 is 1.09 bits per heavy atom. The summed E-state index contributed by atoms with van der Waals surface area (Å²) in [7, 11) is 0. The molecule has 1 aliphatic rings. The van der Waals surface area contributed by atoms with E-state index in [4.69, 9.17) is 0 Å². The predicted octanol–water partition coefficient (Wildman–Crippen LogP) is 3.21. The van der Waals surface area contributed by atoms with Crippen LogP contribution < -0.4 is 10.2 Å². The lowest BCUT2D eigenvalue weighted by molar-refractivity contribution is 0.102. The lowest BCUT2D eigenvalue weighted by atomic mass is 10.2. The molecule has 0 atom stereocenters. The molecule has 1 aromatic carbocycles. The monoisotopic (exact) mass is 303 g/mol.